The van der Waals surface area contributed by atoms with E-state index in [4.69, 9.17) is 4.74 Å². The molecule has 0 atom stereocenters. The number of nitrogens with zero attached hydrogens (tertiary/aromatic N) is 2. The van der Waals surface area contributed by atoms with Crippen molar-refractivity contribution in [3.63, 3.8) is 0 Å². The van der Waals surface area contributed by atoms with Crippen molar-refractivity contribution in [3.8, 4) is 22.9 Å². The highest BCUT2D eigenvalue weighted by atomic mass is 79.9. The summed E-state index contributed by atoms with van der Waals surface area (Å²) >= 11 is 3.27. The summed E-state index contributed by atoms with van der Waals surface area (Å²) in [4.78, 5) is 16.5. The maximum Gasteiger partial charge on any atom is 0.255 e. The number of aromatic nitrogens is 3. The van der Waals surface area contributed by atoms with Crippen LogP contribution < -0.4 is 10.1 Å². The summed E-state index contributed by atoms with van der Waals surface area (Å²) in [5.74, 6) is 1.30. The molecule has 0 unspecified atom stereocenters. The molecule has 8 heteroatoms. The first kappa shape index (κ1) is 17.0. The summed E-state index contributed by atoms with van der Waals surface area (Å²) in [6.45, 7) is 0.161. The standard InChI is InChI=1S/C17H15BrN4O3/c1-25-12-5-2-10(3-6-12)16-20-15(21-22-16)9-19-17(24)13-8-11(18)4-7-14(13)23/h2-8,23H,9H2,1H3,(H,19,24)(H,20,21,22). The first-order valence-corrected chi connectivity index (χ1v) is 8.18. The lowest BCUT2D eigenvalue weighted by Gasteiger charge is -2.05. The first-order chi connectivity index (χ1) is 12.1. The second-order valence-corrected chi connectivity index (χ2v) is 6.09. The van der Waals surface area contributed by atoms with Gasteiger partial charge < -0.3 is 15.2 Å². The number of ether oxygens (including phenoxy) is 1. The van der Waals surface area contributed by atoms with E-state index in [0.29, 0.717) is 16.1 Å². The monoisotopic (exact) mass is 402 g/mol. The fraction of sp³-hybridized carbons (Fsp3) is 0.118. The Morgan fingerprint density at radius 2 is 2.04 bits per heavy atom. The predicted octanol–water partition coefficient (Wildman–Crippen LogP) is 2.88. The molecular formula is C17H15BrN4O3. The van der Waals surface area contributed by atoms with Crippen molar-refractivity contribution in [1.82, 2.24) is 20.5 Å². The Bertz CT molecular complexity index is 893. The van der Waals surface area contributed by atoms with Crippen LogP contribution in [0.2, 0.25) is 0 Å². The second kappa shape index (κ2) is 7.35. The Morgan fingerprint density at radius 1 is 1.28 bits per heavy atom. The van der Waals surface area contributed by atoms with E-state index in [1.165, 1.54) is 6.07 Å². The lowest BCUT2D eigenvalue weighted by atomic mass is 10.2. The largest absolute Gasteiger partial charge is 0.507 e. The molecule has 1 heterocycles. The van der Waals surface area contributed by atoms with Gasteiger partial charge in [0.15, 0.2) is 5.82 Å². The molecule has 3 aromatic rings. The number of aromatic hydroxyl groups is 1. The van der Waals surface area contributed by atoms with Gasteiger partial charge in [0.1, 0.15) is 17.3 Å². The van der Waals surface area contributed by atoms with E-state index in [-0.39, 0.29) is 17.9 Å². The minimum atomic E-state index is -0.402. The molecule has 0 aliphatic carbocycles. The second-order valence-electron chi connectivity index (χ2n) is 5.18. The molecule has 1 amide bonds. The number of methoxy groups -OCH3 is 1. The zero-order valence-electron chi connectivity index (χ0n) is 13.3. The minimum Gasteiger partial charge on any atom is -0.507 e. The zero-order valence-corrected chi connectivity index (χ0v) is 14.9. The highest BCUT2D eigenvalue weighted by Crippen LogP contribution is 2.22. The quantitative estimate of drug-likeness (QED) is 0.609. The zero-order chi connectivity index (χ0) is 17.8. The Hall–Kier alpha value is -2.87. The number of benzene rings is 2. The van der Waals surface area contributed by atoms with Crippen molar-refractivity contribution < 1.29 is 14.6 Å². The van der Waals surface area contributed by atoms with Crippen LogP contribution in [0.5, 0.6) is 11.5 Å². The summed E-state index contributed by atoms with van der Waals surface area (Å²) in [5, 5.41) is 19.4. The number of carbonyl (C=O) groups excluding carboxylic acids is 1. The lowest BCUT2D eigenvalue weighted by molar-refractivity contribution is 0.0947. The van der Waals surface area contributed by atoms with E-state index >= 15 is 0 Å². The smallest absolute Gasteiger partial charge is 0.255 e. The summed E-state index contributed by atoms with van der Waals surface area (Å²) in [6, 6.07) is 12.0. The van der Waals surface area contributed by atoms with Crippen LogP contribution in [0, 0.1) is 0 Å². The van der Waals surface area contributed by atoms with Crippen molar-refractivity contribution in [2.24, 2.45) is 0 Å². The summed E-state index contributed by atoms with van der Waals surface area (Å²) < 4.78 is 5.82. The molecule has 7 nitrogen and oxygen atoms in total. The Morgan fingerprint density at radius 3 is 2.76 bits per heavy atom. The average Bonchev–Trinajstić information content (AvgIpc) is 3.11. The van der Waals surface area contributed by atoms with E-state index in [1.807, 2.05) is 24.3 Å². The van der Waals surface area contributed by atoms with Crippen LogP contribution >= 0.6 is 15.9 Å². The van der Waals surface area contributed by atoms with Gasteiger partial charge in [-0.3, -0.25) is 9.89 Å². The molecule has 3 N–H and O–H groups in total. The maximum absolute atomic E-state index is 12.2. The molecule has 2 aromatic carbocycles. The van der Waals surface area contributed by atoms with Gasteiger partial charge in [0, 0.05) is 10.0 Å². The van der Waals surface area contributed by atoms with Crippen molar-refractivity contribution in [3.05, 3.63) is 58.3 Å². The van der Waals surface area contributed by atoms with E-state index < -0.39 is 5.91 Å². The molecule has 0 aliphatic rings. The summed E-state index contributed by atoms with van der Waals surface area (Å²) in [7, 11) is 1.60. The van der Waals surface area contributed by atoms with Gasteiger partial charge in [-0.25, -0.2) is 4.98 Å². The number of phenols is 1. The van der Waals surface area contributed by atoms with Gasteiger partial charge in [-0.15, -0.1) is 0 Å². The van der Waals surface area contributed by atoms with Gasteiger partial charge >= 0.3 is 0 Å². The van der Waals surface area contributed by atoms with Crippen LogP contribution in [0.15, 0.2) is 46.9 Å². The average molecular weight is 403 g/mol. The predicted molar refractivity (Wildman–Crippen MR) is 95.3 cm³/mol. The number of halogens is 1. The van der Waals surface area contributed by atoms with Gasteiger partial charge in [-0.1, -0.05) is 15.9 Å². The van der Waals surface area contributed by atoms with Crippen LogP contribution in [0.1, 0.15) is 16.2 Å². The number of amides is 1. The maximum atomic E-state index is 12.2. The van der Waals surface area contributed by atoms with E-state index in [0.717, 1.165) is 11.3 Å². The van der Waals surface area contributed by atoms with Gasteiger partial charge in [0.25, 0.3) is 5.91 Å². The molecule has 25 heavy (non-hydrogen) atoms. The van der Waals surface area contributed by atoms with Gasteiger partial charge in [0.2, 0.25) is 0 Å². The number of carbonyl (C=O) groups is 1. The van der Waals surface area contributed by atoms with Crippen molar-refractivity contribution in [2.45, 2.75) is 6.54 Å². The third-order valence-corrected chi connectivity index (χ3v) is 3.99. The Kier molecular flexibility index (Phi) is 4.99. The van der Waals surface area contributed by atoms with Crippen LogP contribution in [-0.4, -0.2) is 33.3 Å². The molecule has 0 fully saturated rings. The van der Waals surface area contributed by atoms with Gasteiger partial charge in [-0.2, -0.15) is 5.10 Å². The number of phenolic OH excluding ortho intramolecular Hbond substituents is 1. The van der Waals surface area contributed by atoms with Crippen molar-refractivity contribution in [1.29, 1.82) is 0 Å². The molecule has 0 radical (unpaired) electrons. The van der Waals surface area contributed by atoms with E-state index in [1.54, 1.807) is 19.2 Å². The lowest BCUT2D eigenvalue weighted by Crippen LogP contribution is -2.23. The van der Waals surface area contributed by atoms with Crippen LogP contribution in [-0.2, 0) is 6.54 Å². The normalized spacial score (nSPS) is 10.5. The molecule has 3 rings (SSSR count). The molecule has 128 valence electrons. The van der Waals surface area contributed by atoms with Crippen LogP contribution in [0.4, 0.5) is 0 Å². The minimum absolute atomic E-state index is 0.0859. The van der Waals surface area contributed by atoms with Gasteiger partial charge in [-0.05, 0) is 42.5 Å². The van der Waals surface area contributed by atoms with Crippen molar-refractivity contribution >= 4 is 21.8 Å². The molecule has 0 aliphatic heterocycles. The number of nitrogens with one attached hydrogen (secondary N) is 2. The third-order valence-electron chi connectivity index (χ3n) is 3.50. The van der Waals surface area contributed by atoms with E-state index in [9.17, 15) is 9.90 Å². The third kappa shape index (κ3) is 3.97. The SMILES string of the molecule is COc1ccc(-c2n[nH]c(CNC(=O)c3cc(Br)ccc3O)n2)cc1. The van der Waals surface area contributed by atoms with Crippen LogP contribution in [0.25, 0.3) is 11.4 Å². The summed E-state index contributed by atoms with van der Waals surface area (Å²) in [5.41, 5.74) is 1.02. The number of rotatable bonds is 5. The Labute approximate surface area is 152 Å². The molecular weight excluding hydrogens is 388 g/mol. The molecule has 0 bridgehead atoms. The molecule has 0 saturated carbocycles. The number of H-pyrrole nitrogens is 1. The van der Waals surface area contributed by atoms with Gasteiger partial charge in [0.05, 0.1) is 19.2 Å². The Balaban J connectivity index is 1.67. The molecule has 0 saturated heterocycles. The topological polar surface area (TPSA) is 100 Å². The van der Waals surface area contributed by atoms with Crippen LogP contribution in [0.3, 0.4) is 0 Å². The number of hydrogen-bond donors (Lipinski definition) is 3. The summed E-state index contributed by atoms with van der Waals surface area (Å²) in [6.07, 6.45) is 0. The fourth-order valence-corrected chi connectivity index (χ4v) is 2.55. The number of aromatic amines is 1. The molecule has 0 spiro atoms. The van der Waals surface area contributed by atoms with E-state index in [2.05, 4.69) is 36.4 Å². The molecule has 1 aromatic heterocycles. The highest BCUT2D eigenvalue weighted by Gasteiger charge is 2.13. The first-order valence-electron chi connectivity index (χ1n) is 7.39. The highest BCUT2D eigenvalue weighted by molar-refractivity contribution is 9.10. The fourth-order valence-electron chi connectivity index (χ4n) is 2.19. The van der Waals surface area contributed by atoms with Crippen molar-refractivity contribution in [2.75, 3.05) is 7.11 Å². The number of hydrogen-bond acceptors (Lipinski definition) is 5.